The van der Waals surface area contributed by atoms with Gasteiger partial charge in [0, 0.05) is 28.8 Å². The molecule has 0 spiro atoms. The standard InChI is InChI=1S/C20H17NO5/c1-12(22)14-3-7-16(8-4-14)21-20(24)13(2)25-17-9-5-15-6-10-19(23)26-18(15)11-17/h3-11,13H,1-2H3,(H,21,24)/t13-/m0/s1. The van der Waals surface area contributed by atoms with Crippen molar-refractivity contribution in [3.8, 4) is 5.75 Å². The Balaban J connectivity index is 1.68. The quantitative estimate of drug-likeness (QED) is 0.562. The molecule has 1 atom stereocenters. The largest absolute Gasteiger partial charge is 0.481 e. The average Bonchev–Trinajstić information content (AvgIpc) is 2.61. The predicted molar refractivity (Wildman–Crippen MR) is 97.7 cm³/mol. The molecule has 6 heteroatoms. The highest BCUT2D eigenvalue weighted by atomic mass is 16.5. The van der Waals surface area contributed by atoms with Gasteiger partial charge in [-0.15, -0.1) is 0 Å². The number of Topliss-reactive ketones (excluding diaryl/α,β-unsaturated/α-hetero) is 1. The lowest BCUT2D eigenvalue weighted by molar-refractivity contribution is -0.122. The van der Waals surface area contributed by atoms with Crippen LogP contribution in [0.1, 0.15) is 24.2 Å². The topological polar surface area (TPSA) is 85.6 Å². The average molecular weight is 351 g/mol. The number of carbonyl (C=O) groups is 2. The minimum atomic E-state index is -0.768. The van der Waals surface area contributed by atoms with E-state index < -0.39 is 11.7 Å². The molecular weight excluding hydrogens is 334 g/mol. The third kappa shape index (κ3) is 3.97. The van der Waals surface area contributed by atoms with Crippen LogP contribution in [0, 0.1) is 0 Å². The summed E-state index contributed by atoms with van der Waals surface area (Å²) < 4.78 is 10.7. The molecule has 2 aromatic carbocycles. The van der Waals surface area contributed by atoms with Crippen LogP contribution in [0.2, 0.25) is 0 Å². The van der Waals surface area contributed by atoms with Crippen LogP contribution in [0.25, 0.3) is 11.0 Å². The number of ether oxygens (including phenoxy) is 1. The minimum absolute atomic E-state index is 0.0393. The SMILES string of the molecule is CC(=O)c1ccc(NC(=O)[C@H](C)Oc2ccc3ccc(=O)oc3c2)cc1. The molecule has 0 radical (unpaired) electrons. The summed E-state index contributed by atoms with van der Waals surface area (Å²) in [4.78, 5) is 34.8. The van der Waals surface area contributed by atoms with E-state index in [-0.39, 0.29) is 11.7 Å². The lowest BCUT2D eigenvalue weighted by Crippen LogP contribution is -2.30. The van der Waals surface area contributed by atoms with Crippen LogP contribution in [-0.2, 0) is 4.79 Å². The monoisotopic (exact) mass is 351 g/mol. The summed E-state index contributed by atoms with van der Waals surface area (Å²) >= 11 is 0. The number of ketones is 1. The van der Waals surface area contributed by atoms with Gasteiger partial charge in [-0.2, -0.15) is 0 Å². The zero-order valence-corrected chi connectivity index (χ0v) is 14.3. The van der Waals surface area contributed by atoms with E-state index in [1.165, 1.54) is 13.0 Å². The van der Waals surface area contributed by atoms with Crippen molar-refractivity contribution in [1.82, 2.24) is 0 Å². The summed E-state index contributed by atoms with van der Waals surface area (Å²) in [5.74, 6) is 0.0409. The van der Waals surface area contributed by atoms with Crippen LogP contribution >= 0.6 is 0 Å². The van der Waals surface area contributed by atoms with Crippen LogP contribution in [0.4, 0.5) is 5.69 Å². The molecule has 0 unspecified atom stereocenters. The maximum Gasteiger partial charge on any atom is 0.336 e. The van der Waals surface area contributed by atoms with E-state index in [1.807, 2.05) is 0 Å². The molecule has 6 nitrogen and oxygen atoms in total. The van der Waals surface area contributed by atoms with E-state index in [0.29, 0.717) is 22.6 Å². The van der Waals surface area contributed by atoms with Gasteiger partial charge in [0.25, 0.3) is 5.91 Å². The van der Waals surface area contributed by atoms with E-state index in [9.17, 15) is 14.4 Å². The molecule has 3 rings (SSSR count). The fraction of sp³-hybridized carbons (Fsp3) is 0.150. The molecule has 0 saturated carbocycles. The van der Waals surface area contributed by atoms with Gasteiger partial charge in [0.15, 0.2) is 11.9 Å². The van der Waals surface area contributed by atoms with E-state index in [0.717, 1.165) is 5.39 Å². The molecule has 1 heterocycles. The van der Waals surface area contributed by atoms with Crippen molar-refractivity contribution >= 4 is 28.3 Å². The molecule has 0 fully saturated rings. The lowest BCUT2D eigenvalue weighted by Gasteiger charge is -2.15. The van der Waals surface area contributed by atoms with E-state index in [2.05, 4.69) is 5.32 Å². The zero-order valence-electron chi connectivity index (χ0n) is 14.3. The van der Waals surface area contributed by atoms with Gasteiger partial charge in [-0.1, -0.05) is 0 Å². The molecule has 0 saturated heterocycles. The highest BCUT2D eigenvalue weighted by molar-refractivity contribution is 5.96. The zero-order chi connectivity index (χ0) is 18.7. The Bertz CT molecular complexity index is 1020. The summed E-state index contributed by atoms with van der Waals surface area (Å²) in [6.45, 7) is 3.10. The first-order chi connectivity index (χ1) is 12.4. The first-order valence-corrected chi connectivity index (χ1v) is 8.05. The van der Waals surface area contributed by atoms with Gasteiger partial charge in [-0.3, -0.25) is 9.59 Å². The molecule has 1 aromatic heterocycles. The number of amides is 1. The first kappa shape index (κ1) is 17.4. The Morgan fingerprint density at radius 3 is 2.42 bits per heavy atom. The number of hydrogen-bond acceptors (Lipinski definition) is 5. The highest BCUT2D eigenvalue weighted by Gasteiger charge is 2.15. The van der Waals surface area contributed by atoms with Crippen molar-refractivity contribution in [3.05, 3.63) is 70.6 Å². The molecule has 0 aliphatic carbocycles. The Kier molecular flexibility index (Phi) is 4.84. The van der Waals surface area contributed by atoms with E-state index >= 15 is 0 Å². The number of carbonyl (C=O) groups excluding carboxylic acids is 2. The molecule has 0 bridgehead atoms. The Morgan fingerprint density at radius 2 is 1.73 bits per heavy atom. The third-order valence-corrected chi connectivity index (χ3v) is 3.84. The van der Waals surface area contributed by atoms with Crippen molar-refractivity contribution < 1.29 is 18.7 Å². The smallest absolute Gasteiger partial charge is 0.336 e. The molecule has 26 heavy (non-hydrogen) atoms. The fourth-order valence-electron chi connectivity index (χ4n) is 2.40. The minimum Gasteiger partial charge on any atom is -0.481 e. The lowest BCUT2D eigenvalue weighted by atomic mass is 10.1. The second-order valence-corrected chi connectivity index (χ2v) is 5.84. The second-order valence-electron chi connectivity index (χ2n) is 5.84. The summed E-state index contributed by atoms with van der Waals surface area (Å²) in [6, 6.07) is 14.6. The normalized spacial score (nSPS) is 11.8. The number of hydrogen-bond donors (Lipinski definition) is 1. The van der Waals surface area contributed by atoms with Gasteiger partial charge >= 0.3 is 5.63 Å². The van der Waals surface area contributed by atoms with Gasteiger partial charge in [0.05, 0.1) is 0 Å². The summed E-state index contributed by atoms with van der Waals surface area (Å²) in [5.41, 5.74) is 1.08. The van der Waals surface area contributed by atoms with Crippen molar-refractivity contribution in [3.63, 3.8) is 0 Å². The number of anilines is 1. The summed E-state index contributed by atoms with van der Waals surface area (Å²) in [6.07, 6.45) is -0.768. The van der Waals surface area contributed by atoms with Crippen molar-refractivity contribution in [2.45, 2.75) is 20.0 Å². The van der Waals surface area contributed by atoms with E-state index in [4.69, 9.17) is 9.15 Å². The Hall–Kier alpha value is -3.41. The van der Waals surface area contributed by atoms with Crippen molar-refractivity contribution in [2.75, 3.05) is 5.32 Å². The number of rotatable bonds is 5. The number of nitrogens with one attached hydrogen (secondary N) is 1. The van der Waals surface area contributed by atoms with E-state index in [1.54, 1.807) is 55.5 Å². The number of fused-ring (bicyclic) bond motifs is 1. The second kappa shape index (κ2) is 7.23. The predicted octanol–water partition coefficient (Wildman–Crippen LogP) is 3.40. The van der Waals surface area contributed by atoms with Gasteiger partial charge in [-0.25, -0.2) is 4.79 Å². The van der Waals surface area contributed by atoms with Gasteiger partial charge in [-0.05, 0) is 56.3 Å². The molecule has 1 N–H and O–H groups in total. The molecule has 0 aliphatic heterocycles. The van der Waals surface area contributed by atoms with Crippen LogP contribution in [0.15, 0.2) is 63.8 Å². The van der Waals surface area contributed by atoms with Crippen LogP contribution in [0.5, 0.6) is 5.75 Å². The van der Waals surface area contributed by atoms with Crippen LogP contribution < -0.4 is 15.7 Å². The number of benzene rings is 2. The van der Waals surface area contributed by atoms with Gasteiger partial charge < -0.3 is 14.5 Å². The molecule has 132 valence electrons. The molecular formula is C20H17NO5. The Labute approximate surface area is 149 Å². The van der Waals surface area contributed by atoms with Crippen LogP contribution in [-0.4, -0.2) is 17.8 Å². The molecule has 0 aliphatic rings. The van der Waals surface area contributed by atoms with Crippen molar-refractivity contribution in [1.29, 1.82) is 0 Å². The maximum atomic E-state index is 12.3. The van der Waals surface area contributed by atoms with Gasteiger partial charge in [0.2, 0.25) is 0 Å². The first-order valence-electron chi connectivity index (χ1n) is 8.05. The molecule has 3 aromatic rings. The molecule has 1 amide bonds. The summed E-state index contributed by atoms with van der Waals surface area (Å²) in [5, 5.41) is 3.49. The fourth-order valence-corrected chi connectivity index (χ4v) is 2.40. The Morgan fingerprint density at radius 1 is 1.04 bits per heavy atom. The van der Waals surface area contributed by atoms with Crippen molar-refractivity contribution in [2.24, 2.45) is 0 Å². The van der Waals surface area contributed by atoms with Crippen LogP contribution in [0.3, 0.4) is 0 Å². The van der Waals surface area contributed by atoms with Gasteiger partial charge in [0.1, 0.15) is 11.3 Å². The summed E-state index contributed by atoms with van der Waals surface area (Å²) in [7, 11) is 0. The third-order valence-electron chi connectivity index (χ3n) is 3.84. The highest BCUT2D eigenvalue weighted by Crippen LogP contribution is 2.21. The maximum absolute atomic E-state index is 12.3.